The summed E-state index contributed by atoms with van der Waals surface area (Å²) in [5, 5.41) is 68.8. The summed E-state index contributed by atoms with van der Waals surface area (Å²) in [6, 6.07) is -3.81. The topological polar surface area (TPSA) is 465 Å². The molecule has 0 aromatic rings. The van der Waals surface area contributed by atoms with E-state index in [4.69, 9.17) is 69.8 Å². The van der Waals surface area contributed by atoms with Gasteiger partial charge in [-0.3, -0.25) is 39.0 Å². The predicted octanol–water partition coefficient (Wildman–Crippen LogP) is -3.75. The number of guanidine groups is 1. The fourth-order valence-electron chi connectivity index (χ4n) is 2.34. The van der Waals surface area contributed by atoms with E-state index in [0.717, 1.165) is 25.8 Å². The highest BCUT2D eigenvalue weighted by molar-refractivity contribution is 5.80. The van der Waals surface area contributed by atoms with Gasteiger partial charge in [0.1, 0.15) is 30.2 Å². The Labute approximate surface area is 282 Å². The van der Waals surface area contributed by atoms with Crippen LogP contribution in [0, 0.1) is 11.3 Å². The molecule has 0 amide bonds. The summed E-state index contributed by atoms with van der Waals surface area (Å²) >= 11 is 0. The Morgan fingerprint density at radius 3 is 1.45 bits per heavy atom. The first kappa shape index (κ1) is 53.8. The first-order chi connectivity index (χ1) is 22.4. The molecule has 5 unspecified atom stereocenters. The molecular weight excluding hydrogens is 662 g/mol. The Morgan fingerprint density at radius 2 is 1.27 bits per heavy atom. The molecule has 1 aliphatic heterocycles. The lowest BCUT2D eigenvalue weighted by Crippen LogP contribution is -2.36. The number of nitrogens with one attached hydrogen (secondary N) is 3. The molecule has 0 aliphatic carbocycles. The van der Waals surface area contributed by atoms with Crippen molar-refractivity contribution in [3.05, 3.63) is 0 Å². The zero-order valence-corrected chi connectivity index (χ0v) is 27.8. The van der Waals surface area contributed by atoms with Gasteiger partial charge in [0.05, 0.1) is 13.0 Å². The minimum absolute atomic E-state index is 0.0718. The SMILES string of the molecule is CC(N)C(=O)O.CCC(C)C(N)C(=O)O.N=C(N)NCCCC(N)C(=O)O.NC(CC(=O)O)C(=O)O.NCC(=O)O.O=C(O)[C@@H]1CCCN1. The molecule has 1 aliphatic rings. The van der Waals surface area contributed by atoms with Crippen LogP contribution in [0.5, 0.6) is 0 Å². The van der Waals surface area contributed by atoms with Gasteiger partial charge in [0, 0.05) is 6.54 Å². The van der Waals surface area contributed by atoms with Gasteiger partial charge < -0.3 is 80.8 Å². The zero-order valence-electron chi connectivity index (χ0n) is 27.8. The summed E-state index contributed by atoms with van der Waals surface area (Å²) in [4.78, 5) is 69.0. The quantitative estimate of drug-likeness (QED) is 0.0466. The highest BCUT2D eigenvalue weighted by Gasteiger charge is 2.20. The fraction of sp³-hybridized carbons (Fsp3) is 0.692. The van der Waals surface area contributed by atoms with Crippen molar-refractivity contribution in [3.63, 3.8) is 0 Å². The second kappa shape index (κ2) is 33.2. The molecule has 1 heterocycles. The average Bonchev–Trinajstić information content (AvgIpc) is 3.55. The number of carboxylic acid groups (broad SMARTS) is 7. The second-order valence-corrected chi connectivity index (χ2v) is 9.93. The van der Waals surface area contributed by atoms with Gasteiger partial charge in [0.2, 0.25) is 0 Å². The third-order valence-corrected chi connectivity index (χ3v) is 5.50. The maximum atomic E-state index is 10.2. The van der Waals surface area contributed by atoms with E-state index >= 15 is 0 Å². The van der Waals surface area contributed by atoms with Crippen LogP contribution in [-0.4, -0.2) is 133 Å². The van der Waals surface area contributed by atoms with Crippen molar-refractivity contribution < 1.29 is 69.3 Å². The first-order valence-corrected chi connectivity index (χ1v) is 14.5. The van der Waals surface area contributed by atoms with Crippen LogP contribution in [0.2, 0.25) is 0 Å². The minimum Gasteiger partial charge on any atom is -0.481 e. The summed E-state index contributed by atoms with van der Waals surface area (Å²) in [7, 11) is 0. The molecule has 0 radical (unpaired) electrons. The van der Waals surface area contributed by atoms with Crippen LogP contribution in [0.4, 0.5) is 0 Å². The smallest absolute Gasteiger partial charge is 0.321 e. The van der Waals surface area contributed by atoms with Gasteiger partial charge in [0.15, 0.2) is 5.96 Å². The van der Waals surface area contributed by atoms with Gasteiger partial charge in [-0.05, 0) is 45.1 Å². The zero-order chi connectivity index (χ0) is 39.9. The van der Waals surface area contributed by atoms with Crippen molar-refractivity contribution in [2.45, 2.75) is 89.5 Å². The van der Waals surface area contributed by atoms with Gasteiger partial charge in [-0.15, -0.1) is 0 Å². The van der Waals surface area contributed by atoms with E-state index in [1.165, 1.54) is 6.92 Å². The van der Waals surface area contributed by atoms with Crippen molar-refractivity contribution in [3.8, 4) is 0 Å². The molecule has 23 heteroatoms. The molecule has 1 rings (SSSR count). The number of nitrogens with two attached hydrogens (primary N) is 6. The van der Waals surface area contributed by atoms with E-state index in [9.17, 15) is 33.6 Å². The van der Waals surface area contributed by atoms with Crippen LogP contribution in [0.1, 0.15) is 59.3 Å². The molecule has 0 saturated carbocycles. The molecule has 0 aromatic heterocycles. The maximum absolute atomic E-state index is 10.2. The number of carbonyl (C=O) groups is 7. The number of carboxylic acids is 7. The highest BCUT2D eigenvalue weighted by Crippen LogP contribution is 2.04. The lowest BCUT2D eigenvalue weighted by molar-refractivity contribution is -0.144. The molecule has 0 bridgehead atoms. The highest BCUT2D eigenvalue weighted by atomic mass is 16.4. The fourth-order valence-corrected chi connectivity index (χ4v) is 2.34. The van der Waals surface area contributed by atoms with E-state index < -0.39 is 72.4 Å². The summed E-state index contributed by atoms with van der Waals surface area (Å²) in [6.07, 6.45) is 3.04. The number of rotatable bonds is 14. The van der Waals surface area contributed by atoms with Crippen molar-refractivity contribution in [2.75, 3.05) is 19.6 Å². The molecule has 0 spiro atoms. The molecule has 49 heavy (non-hydrogen) atoms. The van der Waals surface area contributed by atoms with E-state index in [2.05, 4.69) is 16.4 Å². The summed E-state index contributed by atoms with van der Waals surface area (Å²) in [5.41, 5.74) is 29.7. The number of hydrogen-bond acceptors (Lipinski definition) is 14. The van der Waals surface area contributed by atoms with Gasteiger partial charge >= 0.3 is 41.8 Å². The van der Waals surface area contributed by atoms with Gasteiger partial charge in [-0.25, -0.2) is 0 Å². The Balaban J connectivity index is -0.000000161. The standard InChI is InChI=1S/C6H14N4O2.C6H13NO2.C5H9NO2.C4H7NO4.C3H7NO2.C2H5NO2/c7-4(5(11)12)2-1-3-10-6(8)9;1-3-4(2)5(7)6(8)9;7-5(8)4-2-1-3-6-4;5-2(4(8)9)1-3(6)7;1-2(4)3(5)6;3-1-2(4)5/h4H,1-3,7H2,(H,11,12)(H4,8,9,10);4-5H,3,7H2,1-2H3,(H,8,9);4,6H,1-3H2,(H,7,8);2H,1,5H2,(H,6,7)(H,8,9);2H,4H2,1H3,(H,5,6);1,3H2,(H,4,5)/t;;4-;;;/m..0.../s1. The first-order valence-electron chi connectivity index (χ1n) is 14.5. The average molecular weight is 718 g/mol. The maximum Gasteiger partial charge on any atom is 0.321 e. The molecule has 6 atom stereocenters. The third kappa shape index (κ3) is 43.3. The molecule has 23 nitrogen and oxygen atoms in total. The van der Waals surface area contributed by atoms with E-state index in [0.29, 0.717) is 19.4 Å². The Bertz CT molecular complexity index is 996. The normalized spacial score (nSPS) is 15.4. The van der Waals surface area contributed by atoms with Gasteiger partial charge in [-0.2, -0.15) is 0 Å². The lowest BCUT2D eigenvalue weighted by Gasteiger charge is -2.11. The van der Waals surface area contributed by atoms with Crippen molar-refractivity contribution in [1.82, 2.24) is 10.6 Å². The largest absolute Gasteiger partial charge is 0.481 e. The van der Waals surface area contributed by atoms with Gasteiger partial charge in [-0.1, -0.05) is 20.3 Å². The van der Waals surface area contributed by atoms with Crippen LogP contribution in [0.3, 0.4) is 0 Å². The van der Waals surface area contributed by atoms with Crippen molar-refractivity contribution in [1.29, 1.82) is 5.41 Å². The Hall–Kier alpha value is -4.68. The lowest BCUT2D eigenvalue weighted by atomic mass is 10.0. The van der Waals surface area contributed by atoms with E-state index in [1.54, 1.807) is 0 Å². The monoisotopic (exact) mass is 717 g/mol. The second-order valence-electron chi connectivity index (χ2n) is 9.93. The molecule has 22 N–H and O–H groups in total. The molecule has 1 saturated heterocycles. The van der Waals surface area contributed by atoms with Crippen LogP contribution in [0.25, 0.3) is 0 Å². The molecule has 288 valence electrons. The van der Waals surface area contributed by atoms with E-state index in [-0.39, 0.29) is 24.5 Å². The van der Waals surface area contributed by atoms with Crippen molar-refractivity contribution in [2.24, 2.45) is 40.3 Å². The predicted molar refractivity (Wildman–Crippen MR) is 174 cm³/mol. The molecular formula is C26H55N9O14. The summed E-state index contributed by atoms with van der Waals surface area (Å²) in [6.45, 7) is 6.24. The molecule has 1 fully saturated rings. The number of aliphatic carboxylic acids is 7. The van der Waals surface area contributed by atoms with Crippen LogP contribution in [0.15, 0.2) is 0 Å². The van der Waals surface area contributed by atoms with Crippen LogP contribution in [-0.2, 0) is 33.6 Å². The van der Waals surface area contributed by atoms with Crippen molar-refractivity contribution >= 4 is 47.7 Å². The third-order valence-electron chi connectivity index (χ3n) is 5.50. The molecule has 0 aromatic carbocycles. The van der Waals surface area contributed by atoms with Crippen LogP contribution >= 0.6 is 0 Å². The number of hydrogen-bond donors (Lipinski definition) is 16. The minimum atomic E-state index is -1.29. The Morgan fingerprint density at radius 1 is 0.816 bits per heavy atom. The summed E-state index contributed by atoms with van der Waals surface area (Å²) in [5.74, 6) is -7.10. The van der Waals surface area contributed by atoms with Gasteiger partial charge in [0.25, 0.3) is 0 Å². The van der Waals surface area contributed by atoms with E-state index in [1.807, 2.05) is 13.8 Å². The summed E-state index contributed by atoms with van der Waals surface area (Å²) < 4.78 is 0. The van der Waals surface area contributed by atoms with Crippen LogP contribution < -0.4 is 45.0 Å². The Kier molecular flexibility index (Phi) is 36.5.